The molecule has 3 aromatic carbocycles. The summed E-state index contributed by atoms with van der Waals surface area (Å²) in [6.45, 7) is 7.63. The second kappa shape index (κ2) is 14.9. The van der Waals surface area contributed by atoms with Crippen LogP contribution in [0, 0.1) is 27.7 Å². The number of ether oxygens (including phenoxy) is 2. The molecule has 0 spiro atoms. The number of fused-ring (bicyclic) bond motifs is 6. The molecular weight excluding hydrogens is 709 g/mol. The van der Waals surface area contributed by atoms with Gasteiger partial charge in [0, 0.05) is 11.5 Å². The van der Waals surface area contributed by atoms with Gasteiger partial charge in [0.05, 0.1) is 46.3 Å². The van der Waals surface area contributed by atoms with Crippen LogP contribution >= 0.6 is 23.5 Å². The Kier molecular flexibility index (Phi) is 9.60. The van der Waals surface area contributed by atoms with E-state index in [1.807, 2.05) is 113 Å². The average Bonchev–Trinajstić information content (AvgIpc) is 3.90. The second-order valence-corrected chi connectivity index (χ2v) is 14.1. The number of rotatable bonds is 2. The van der Waals surface area contributed by atoms with Gasteiger partial charge in [0.2, 0.25) is 22.1 Å². The fourth-order valence-corrected chi connectivity index (χ4v) is 7.48. The van der Waals surface area contributed by atoms with Crippen LogP contribution in [-0.4, -0.2) is 73.2 Å². The predicted molar refractivity (Wildman–Crippen MR) is 205 cm³/mol. The minimum absolute atomic E-state index is 0.514. The molecule has 14 nitrogen and oxygen atoms in total. The molecule has 0 fully saturated rings. The summed E-state index contributed by atoms with van der Waals surface area (Å²) in [5.41, 5.74) is 4.64. The molecule has 0 aliphatic carbocycles. The summed E-state index contributed by atoms with van der Waals surface area (Å²) in [6.07, 6.45) is 4.38. The van der Waals surface area contributed by atoms with Gasteiger partial charge in [0.15, 0.2) is 11.6 Å². The van der Waals surface area contributed by atoms with Gasteiger partial charge < -0.3 is 9.47 Å². The van der Waals surface area contributed by atoms with Crippen LogP contribution in [0.4, 0.5) is 0 Å². The van der Waals surface area contributed by atoms with Crippen LogP contribution in [0.25, 0.3) is 11.4 Å². The number of benzene rings is 3. The summed E-state index contributed by atoms with van der Waals surface area (Å²) in [7, 11) is 0. The van der Waals surface area contributed by atoms with Gasteiger partial charge in [-0.2, -0.15) is 39.1 Å². The summed E-state index contributed by atoms with van der Waals surface area (Å²) < 4.78 is 20.3. The number of para-hydroxylation sites is 2. The van der Waals surface area contributed by atoms with E-state index in [-0.39, 0.29) is 0 Å². The van der Waals surface area contributed by atoms with Crippen molar-refractivity contribution in [3.8, 4) is 34.6 Å². The molecule has 4 aromatic heterocycles. The SMILES string of the molecule is Cc1nn(-c2ccccc2)c2c1/C=N/n1c(C)nnc1SCCCSc1nnc(C)n1/N=C/c1c(C)nn(-c3ccccc3)c1Oc1ccc(cc1)O2. The van der Waals surface area contributed by atoms with E-state index < -0.39 is 0 Å². The highest BCUT2D eigenvalue weighted by Crippen LogP contribution is 2.34. The zero-order valence-electron chi connectivity index (χ0n) is 29.4. The molecule has 7 aromatic rings. The Labute approximate surface area is 313 Å². The van der Waals surface area contributed by atoms with Gasteiger partial charge in [-0.1, -0.05) is 59.9 Å². The zero-order chi connectivity index (χ0) is 36.3. The molecule has 0 N–H and O–H groups in total. The van der Waals surface area contributed by atoms with E-state index in [4.69, 9.17) is 29.9 Å². The number of hydrogen-bond acceptors (Lipinski definition) is 12. The maximum Gasteiger partial charge on any atom is 0.231 e. The Balaban J connectivity index is 1.22. The molecule has 0 saturated heterocycles. The van der Waals surface area contributed by atoms with Crippen molar-refractivity contribution >= 4 is 36.0 Å². The smallest absolute Gasteiger partial charge is 0.231 e. The molecule has 0 radical (unpaired) electrons. The van der Waals surface area contributed by atoms with E-state index in [0.717, 1.165) is 51.8 Å². The molecule has 2 aliphatic heterocycles. The number of hydrogen-bond donors (Lipinski definition) is 0. The van der Waals surface area contributed by atoms with Crippen molar-refractivity contribution in [3.05, 3.63) is 119 Å². The number of aromatic nitrogens is 10. The maximum atomic E-state index is 6.60. The predicted octanol–water partition coefficient (Wildman–Crippen LogP) is 7.41. The van der Waals surface area contributed by atoms with Gasteiger partial charge in [0.1, 0.15) is 11.5 Å². The molecule has 6 heterocycles. The highest BCUT2D eigenvalue weighted by atomic mass is 32.2. The van der Waals surface area contributed by atoms with Gasteiger partial charge in [0.25, 0.3) is 0 Å². The van der Waals surface area contributed by atoms with Crippen LogP contribution in [0.15, 0.2) is 105 Å². The molecule has 0 amide bonds. The molecular formula is C37H34N12O2S2. The van der Waals surface area contributed by atoms with Crippen molar-refractivity contribution in [2.75, 3.05) is 11.5 Å². The van der Waals surface area contributed by atoms with E-state index >= 15 is 0 Å². The van der Waals surface area contributed by atoms with Gasteiger partial charge in [-0.15, -0.1) is 20.4 Å². The first kappa shape index (κ1) is 34.1. The third-order valence-electron chi connectivity index (χ3n) is 8.27. The lowest BCUT2D eigenvalue weighted by molar-refractivity contribution is 0.432. The van der Waals surface area contributed by atoms with Crippen molar-refractivity contribution in [1.29, 1.82) is 0 Å². The highest BCUT2D eigenvalue weighted by Gasteiger charge is 2.21. The van der Waals surface area contributed by atoms with Crippen LogP contribution in [0.2, 0.25) is 0 Å². The third kappa shape index (κ3) is 7.10. The number of nitrogens with zero attached hydrogens (tertiary/aromatic N) is 12. The molecule has 16 heteroatoms. The molecule has 9 rings (SSSR count). The fraction of sp³-hybridized carbons (Fsp3) is 0.189. The summed E-state index contributed by atoms with van der Waals surface area (Å²) in [4.78, 5) is 0. The Morgan fingerprint density at radius 3 is 1.36 bits per heavy atom. The lowest BCUT2D eigenvalue weighted by Crippen LogP contribution is -2.02. The molecule has 0 saturated carbocycles. The zero-order valence-corrected chi connectivity index (χ0v) is 31.0. The van der Waals surface area contributed by atoms with Crippen molar-refractivity contribution in [2.45, 2.75) is 44.4 Å². The molecule has 53 heavy (non-hydrogen) atoms. The molecule has 0 unspecified atom stereocenters. The Bertz CT molecular complexity index is 2260. The van der Waals surface area contributed by atoms with Crippen LogP contribution in [0.1, 0.15) is 40.6 Å². The van der Waals surface area contributed by atoms with E-state index in [1.165, 1.54) is 0 Å². The standard InChI is InChI=1S/C37H34N12O2S2/c1-24-32-22-38-46-26(3)40-42-36(46)52-20-11-21-53-37-43-41-27(4)47(37)39-23-33-25(2)45-49(29-14-9-6-10-15-29)35(33)51-31-18-16-30(17-19-31)50-34(32)48(44-24)28-12-7-5-8-13-28/h5-10,12-19,22-23H,11,20-21H2,1-4H3/b38-22+,39-23+. The van der Waals surface area contributed by atoms with E-state index in [9.17, 15) is 0 Å². The third-order valence-corrected chi connectivity index (χ3v) is 10.3. The second-order valence-electron chi connectivity index (χ2n) is 12.0. The van der Waals surface area contributed by atoms with Crippen molar-refractivity contribution < 1.29 is 9.47 Å². The maximum absolute atomic E-state index is 6.60. The van der Waals surface area contributed by atoms with Crippen LogP contribution in [0.5, 0.6) is 23.3 Å². The Morgan fingerprint density at radius 1 is 0.528 bits per heavy atom. The quantitative estimate of drug-likeness (QED) is 0.176. The normalized spacial score (nSPS) is 14.6. The summed E-state index contributed by atoms with van der Waals surface area (Å²) in [5.74, 6) is 5.13. The van der Waals surface area contributed by atoms with Crippen molar-refractivity contribution in [2.24, 2.45) is 10.2 Å². The molecule has 266 valence electrons. The average molecular weight is 743 g/mol. The minimum atomic E-state index is 0.514. The largest absolute Gasteiger partial charge is 0.438 e. The number of thioether (sulfide) groups is 2. The van der Waals surface area contributed by atoms with Gasteiger partial charge in [-0.25, -0.2) is 0 Å². The molecule has 2 aliphatic rings. The topological polar surface area (TPSA) is 140 Å². The monoisotopic (exact) mass is 742 g/mol. The van der Waals surface area contributed by atoms with Crippen molar-refractivity contribution in [3.63, 3.8) is 0 Å². The van der Waals surface area contributed by atoms with Crippen molar-refractivity contribution in [1.82, 2.24) is 49.3 Å². The van der Waals surface area contributed by atoms with Crippen LogP contribution < -0.4 is 9.47 Å². The fourth-order valence-electron chi connectivity index (χ4n) is 5.56. The Morgan fingerprint density at radius 2 is 0.943 bits per heavy atom. The van der Waals surface area contributed by atoms with Crippen LogP contribution in [-0.2, 0) is 0 Å². The molecule has 2 bridgehead atoms. The first-order valence-electron chi connectivity index (χ1n) is 16.9. The van der Waals surface area contributed by atoms with E-state index in [0.29, 0.717) is 45.2 Å². The lowest BCUT2D eigenvalue weighted by atomic mass is 10.2. The molecule has 0 atom stereocenters. The highest BCUT2D eigenvalue weighted by molar-refractivity contribution is 8.00. The Hall–Kier alpha value is -6.00. The van der Waals surface area contributed by atoms with E-state index in [1.54, 1.807) is 54.7 Å². The first-order chi connectivity index (χ1) is 25.9. The van der Waals surface area contributed by atoms with Crippen LogP contribution in [0.3, 0.4) is 0 Å². The summed E-state index contributed by atoms with van der Waals surface area (Å²) in [6, 6.07) is 27.1. The van der Waals surface area contributed by atoms with E-state index in [2.05, 4.69) is 20.4 Å². The van der Waals surface area contributed by atoms with Gasteiger partial charge >= 0.3 is 0 Å². The van der Waals surface area contributed by atoms with Gasteiger partial charge in [-0.3, -0.25) is 0 Å². The summed E-state index contributed by atoms with van der Waals surface area (Å²) >= 11 is 3.18. The van der Waals surface area contributed by atoms with Gasteiger partial charge in [-0.05, 0) is 82.6 Å². The lowest BCUT2D eigenvalue weighted by Gasteiger charge is -2.12. The first-order valence-corrected chi connectivity index (χ1v) is 18.8. The minimum Gasteiger partial charge on any atom is -0.438 e. The number of aryl methyl sites for hydroxylation is 4. The summed E-state index contributed by atoms with van der Waals surface area (Å²) in [5, 5.41) is 38.1.